The van der Waals surface area contributed by atoms with Crippen LogP contribution in [-0.2, 0) is 16.1 Å². The fourth-order valence-corrected chi connectivity index (χ4v) is 1.93. The minimum absolute atomic E-state index is 0.00131. The van der Waals surface area contributed by atoms with Crippen LogP contribution in [0.2, 0.25) is 5.02 Å². The largest absolute Gasteiger partial charge is 0.493 e. The van der Waals surface area contributed by atoms with E-state index in [1.807, 2.05) is 18.2 Å². The van der Waals surface area contributed by atoms with Gasteiger partial charge in [0.05, 0.1) is 13.7 Å². The highest BCUT2D eigenvalue weighted by atomic mass is 35.5. The molecular formula is C16H24ClNO3. The van der Waals surface area contributed by atoms with Crippen LogP contribution < -0.4 is 10.1 Å². The van der Waals surface area contributed by atoms with Crippen molar-refractivity contribution in [2.24, 2.45) is 0 Å². The van der Waals surface area contributed by atoms with Gasteiger partial charge in [0.1, 0.15) is 5.75 Å². The van der Waals surface area contributed by atoms with E-state index in [0.29, 0.717) is 31.0 Å². The van der Waals surface area contributed by atoms with E-state index in [1.54, 1.807) is 0 Å². The number of ether oxygens (including phenoxy) is 2. The number of nitrogens with one attached hydrogen (secondary N) is 1. The Kier molecular flexibility index (Phi) is 6.99. The van der Waals surface area contributed by atoms with E-state index in [2.05, 4.69) is 30.8 Å². The molecule has 0 aliphatic heterocycles. The summed E-state index contributed by atoms with van der Waals surface area (Å²) in [4.78, 5) is 11.0. The quantitative estimate of drug-likeness (QED) is 0.617. The molecule has 4 nitrogen and oxygen atoms in total. The standard InChI is InChI=1S/C16H24ClNO3/c1-16(2,3)18-11-12-13(17)7-5-8-14(12)21-10-6-9-15(19)20-4/h5,7-8,18H,6,9-11H2,1-4H3. The summed E-state index contributed by atoms with van der Waals surface area (Å²) in [5.74, 6) is 0.531. The Hall–Kier alpha value is -1.26. The van der Waals surface area contributed by atoms with Gasteiger partial charge in [-0.25, -0.2) is 0 Å². The number of benzene rings is 1. The maximum atomic E-state index is 11.0. The number of rotatable bonds is 7. The molecule has 0 heterocycles. The first-order chi connectivity index (χ1) is 9.83. The van der Waals surface area contributed by atoms with E-state index in [1.165, 1.54) is 7.11 Å². The Labute approximate surface area is 131 Å². The number of methoxy groups -OCH3 is 1. The fraction of sp³-hybridized carbons (Fsp3) is 0.562. The highest BCUT2D eigenvalue weighted by Crippen LogP contribution is 2.27. The van der Waals surface area contributed by atoms with Crippen molar-refractivity contribution in [2.45, 2.75) is 45.7 Å². The summed E-state index contributed by atoms with van der Waals surface area (Å²) in [7, 11) is 1.39. The van der Waals surface area contributed by atoms with Gasteiger partial charge in [-0.15, -0.1) is 0 Å². The van der Waals surface area contributed by atoms with E-state index >= 15 is 0 Å². The van der Waals surface area contributed by atoms with E-state index in [9.17, 15) is 4.79 Å². The molecule has 0 fully saturated rings. The normalized spacial score (nSPS) is 11.3. The monoisotopic (exact) mass is 313 g/mol. The first kappa shape index (κ1) is 17.8. The second-order valence-electron chi connectivity index (χ2n) is 5.85. The third kappa shape index (κ3) is 6.82. The van der Waals surface area contributed by atoms with Gasteiger partial charge in [-0.3, -0.25) is 4.79 Å². The summed E-state index contributed by atoms with van der Waals surface area (Å²) >= 11 is 6.25. The molecule has 0 aliphatic rings. The highest BCUT2D eigenvalue weighted by Gasteiger charge is 2.13. The molecule has 1 aromatic rings. The molecule has 0 bridgehead atoms. The SMILES string of the molecule is COC(=O)CCCOc1cccc(Cl)c1CNC(C)(C)C. The van der Waals surface area contributed by atoms with Gasteiger partial charge in [0.25, 0.3) is 0 Å². The lowest BCUT2D eigenvalue weighted by Gasteiger charge is -2.22. The average Bonchev–Trinajstić information content (AvgIpc) is 2.41. The molecular weight excluding hydrogens is 290 g/mol. The van der Waals surface area contributed by atoms with Crippen molar-refractivity contribution in [1.82, 2.24) is 5.32 Å². The third-order valence-corrected chi connectivity index (χ3v) is 3.24. The van der Waals surface area contributed by atoms with E-state index < -0.39 is 0 Å². The molecule has 118 valence electrons. The minimum atomic E-state index is -0.223. The first-order valence-electron chi connectivity index (χ1n) is 7.05. The Morgan fingerprint density at radius 3 is 2.67 bits per heavy atom. The summed E-state index contributed by atoms with van der Waals surface area (Å²) in [6.45, 7) is 7.38. The smallest absolute Gasteiger partial charge is 0.305 e. The molecule has 0 radical (unpaired) electrons. The van der Waals surface area contributed by atoms with Crippen molar-refractivity contribution in [3.05, 3.63) is 28.8 Å². The van der Waals surface area contributed by atoms with Crippen LogP contribution in [0.15, 0.2) is 18.2 Å². The molecule has 0 saturated carbocycles. The first-order valence-corrected chi connectivity index (χ1v) is 7.43. The number of carbonyl (C=O) groups is 1. The second-order valence-corrected chi connectivity index (χ2v) is 6.26. The number of esters is 1. The molecule has 1 N–H and O–H groups in total. The maximum absolute atomic E-state index is 11.0. The fourth-order valence-electron chi connectivity index (χ4n) is 1.70. The van der Waals surface area contributed by atoms with Crippen LogP contribution in [0, 0.1) is 0 Å². The summed E-state index contributed by atoms with van der Waals surface area (Å²) < 4.78 is 10.3. The van der Waals surface area contributed by atoms with Crippen LogP contribution in [-0.4, -0.2) is 25.2 Å². The Balaban J connectivity index is 2.60. The molecule has 1 rings (SSSR count). The lowest BCUT2D eigenvalue weighted by Crippen LogP contribution is -2.35. The number of hydrogen-bond donors (Lipinski definition) is 1. The van der Waals surface area contributed by atoms with Gasteiger partial charge in [0.2, 0.25) is 0 Å². The van der Waals surface area contributed by atoms with Crippen molar-refractivity contribution in [3.8, 4) is 5.75 Å². The summed E-state index contributed by atoms with van der Waals surface area (Å²) in [5, 5.41) is 4.08. The third-order valence-electron chi connectivity index (χ3n) is 2.88. The van der Waals surface area contributed by atoms with Crippen molar-refractivity contribution in [1.29, 1.82) is 0 Å². The van der Waals surface area contributed by atoms with E-state index in [-0.39, 0.29) is 11.5 Å². The zero-order valence-corrected chi connectivity index (χ0v) is 13.9. The zero-order valence-electron chi connectivity index (χ0n) is 13.2. The average molecular weight is 314 g/mol. The molecule has 0 aromatic heterocycles. The van der Waals surface area contributed by atoms with Gasteiger partial charge in [-0.05, 0) is 39.3 Å². The van der Waals surface area contributed by atoms with Gasteiger partial charge in [-0.2, -0.15) is 0 Å². The summed E-state index contributed by atoms with van der Waals surface area (Å²) in [6, 6.07) is 5.60. The van der Waals surface area contributed by atoms with E-state index in [0.717, 1.165) is 11.3 Å². The number of carbonyl (C=O) groups excluding carboxylic acids is 1. The molecule has 0 amide bonds. The molecule has 0 atom stereocenters. The molecule has 0 spiro atoms. The summed E-state index contributed by atoms with van der Waals surface area (Å²) in [5.41, 5.74) is 0.938. The molecule has 0 aliphatic carbocycles. The van der Waals surface area contributed by atoms with Crippen LogP contribution in [0.1, 0.15) is 39.2 Å². The van der Waals surface area contributed by atoms with Crippen LogP contribution in [0.25, 0.3) is 0 Å². The van der Waals surface area contributed by atoms with Crippen molar-refractivity contribution < 1.29 is 14.3 Å². The molecule has 5 heteroatoms. The predicted molar refractivity (Wildman–Crippen MR) is 84.8 cm³/mol. The predicted octanol–water partition coefficient (Wildman–Crippen LogP) is 3.56. The Bertz CT molecular complexity index is 469. The van der Waals surface area contributed by atoms with Gasteiger partial charge in [0.15, 0.2) is 0 Å². The van der Waals surface area contributed by atoms with Gasteiger partial charge in [-0.1, -0.05) is 17.7 Å². The lowest BCUT2D eigenvalue weighted by molar-refractivity contribution is -0.140. The highest BCUT2D eigenvalue weighted by molar-refractivity contribution is 6.31. The van der Waals surface area contributed by atoms with Crippen LogP contribution in [0.4, 0.5) is 0 Å². The van der Waals surface area contributed by atoms with Gasteiger partial charge < -0.3 is 14.8 Å². The second kappa shape index (κ2) is 8.25. The lowest BCUT2D eigenvalue weighted by atomic mass is 10.1. The maximum Gasteiger partial charge on any atom is 0.305 e. The molecule has 21 heavy (non-hydrogen) atoms. The van der Waals surface area contributed by atoms with Crippen LogP contribution >= 0.6 is 11.6 Å². The topological polar surface area (TPSA) is 47.6 Å². The van der Waals surface area contributed by atoms with Crippen molar-refractivity contribution >= 4 is 17.6 Å². The van der Waals surface area contributed by atoms with Crippen molar-refractivity contribution in [3.63, 3.8) is 0 Å². The van der Waals surface area contributed by atoms with Gasteiger partial charge in [0, 0.05) is 29.1 Å². The van der Waals surface area contributed by atoms with Crippen LogP contribution in [0.5, 0.6) is 5.75 Å². The van der Waals surface area contributed by atoms with E-state index in [4.69, 9.17) is 16.3 Å². The number of halogens is 1. The van der Waals surface area contributed by atoms with Crippen molar-refractivity contribution in [2.75, 3.05) is 13.7 Å². The summed E-state index contributed by atoms with van der Waals surface area (Å²) in [6.07, 6.45) is 0.970. The minimum Gasteiger partial charge on any atom is -0.493 e. The number of hydrogen-bond acceptors (Lipinski definition) is 4. The molecule has 1 aromatic carbocycles. The molecule has 0 unspecified atom stereocenters. The molecule has 0 saturated heterocycles. The Morgan fingerprint density at radius 2 is 2.05 bits per heavy atom. The Morgan fingerprint density at radius 1 is 1.33 bits per heavy atom. The van der Waals surface area contributed by atoms with Crippen LogP contribution in [0.3, 0.4) is 0 Å². The van der Waals surface area contributed by atoms with Gasteiger partial charge >= 0.3 is 5.97 Å². The zero-order chi connectivity index (χ0) is 15.9.